The zero-order chi connectivity index (χ0) is 19.1. The third-order valence-electron chi connectivity index (χ3n) is 4.53. The normalized spacial score (nSPS) is 26.8. The Bertz CT molecular complexity index is 806. The van der Waals surface area contributed by atoms with Crippen LogP contribution in [0.3, 0.4) is 0 Å². The van der Waals surface area contributed by atoms with E-state index >= 15 is 0 Å². The van der Waals surface area contributed by atoms with Crippen molar-refractivity contribution < 1.29 is 18.0 Å². The molecule has 0 spiro atoms. The van der Waals surface area contributed by atoms with Gasteiger partial charge in [-0.3, -0.25) is 0 Å². The molecule has 1 saturated carbocycles. The predicted molar refractivity (Wildman–Crippen MR) is 96.8 cm³/mol. The summed E-state index contributed by atoms with van der Waals surface area (Å²) in [6.45, 7) is 1.97. The lowest BCUT2D eigenvalue weighted by atomic mass is 9.69. The number of amides is 2. The number of rotatable bonds is 3. The van der Waals surface area contributed by atoms with Gasteiger partial charge in [0.05, 0.1) is 0 Å². The molecular formula is C17H15BCl2F3N2O. The quantitative estimate of drug-likeness (QED) is 0.421. The van der Waals surface area contributed by atoms with Crippen molar-refractivity contribution in [2.24, 2.45) is 5.92 Å². The van der Waals surface area contributed by atoms with E-state index in [4.69, 9.17) is 23.2 Å². The van der Waals surface area contributed by atoms with Crippen LogP contribution in [0.25, 0.3) is 0 Å². The maximum Gasteiger partial charge on any atom is 0.427 e. The summed E-state index contributed by atoms with van der Waals surface area (Å²) in [7, 11) is 2.04. The van der Waals surface area contributed by atoms with E-state index in [9.17, 15) is 18.0 Å². The minimum Gasteiger partial charge on any atom is -0.310 e. The Kier molecular flexibility index (Phi) is 5.11. The Morgan fingerprint density at radius 3 is 2.77 bits per heavy atom. The van der Waals surface area contributed by atoms with Gasteiger partial charge in [-0.15, -0.1) is 11.6 Å². The average Bonchev–Trinajstić information content (AvgIpc) is 3.30. The molecule has 3 nitrogen and oxygen atoms in total. The van der Waals surface area contributed by atoms with Crippen LogP contribution >= 0.6 is 23.2 Å². The summed E-state index contributed by atoms with van der Waals surface area (Å²) in [5.74, 6) is 5.12. The fourth-order valence-corrected chi connectivity index (χ4v) is 3.58. The van der Waals surface area contributed by atoms with Crippen LogP contribution < -0.4 is 10.6 Å². The molecule has 3 atom stereocenters. The number of fused-ring (bicyclic) bond motifs is 1. The summed E-state index contributed by atoms with van der Waals surface area (Å²) in [6, 6.07) is 1.56. The monoisotopic (exact) mass is 401 g/mol. The van der Waals surface area contributed by atoms with E-state index in [-0.39, 0.29) is 33.9 Å². The molecule has 2 unspecified atom stereocenters. The molecule has 2 amide bonds. The zero-order valence-corrected chi connectivity index (χ0v) is 15.3. The standard InChI is InChI=1S/C17H15BCl2F3N2O/c1-2-18-12-5-9(12)3-4-16(17(21,22)23)11-7-13(20)10(8-19)6-14(11)24-15(26)25-16/h6-7,9,12H,2,5,8H2,1H3,(H2,24,25,26)/t9?,12?,16-/m0/s1. The summed E-state index contributed by atoms with van der Waals surface area (Å²) < 4.78 is 42.2. The second-order valence-electron chi connectivity index (χ2n) is 6.37. The van der Waals surface area contributed by atoms with E-state index in [1.54, 1.807) is 0 Å². The number of urea groups is 1. The third kappa shape index (κ3) is 3.37. The maximum absolute atomic E-state index is 14.1. The number of hydrogen-bond acceptors (Lipinski definition) is 1. The van der Waals surface area contributed by atoms with Gasteiger partial charge in [-0.2, -0.15) is 13.2 Å². The first-order valence-electron chi connectivity index (χ1n) is 8.12. The van der Waals surface area contributed by atoms with Crippen LogP contribution in [0.15, 0.2) is 12.1 Å². The summed E-state index contributed by atoms with van der Waals surface area (Å²) in [4.78, 5) is 11.9. The van der Waals surface area contributed by atoms with Gasteiger partial charge in [0, 0.05) is 28.1 Å². The van der Waals surface area contributed by atoms with Crippen LogP contribution in [0.2, 0.25) is 17.2 Å². The van der Waals surface area contributed by atoms with Crippen LogP contribution in [0, 0.1) is 17.8 Å². The highest BCUT2D eigenvalue weighted by Gasteiger charge is 2.59. The lowest BCUT2D eigenvalue weighted by Crippen LogP contribution is -2.59. The average molecular weight is 402 g/mol. The van der Waals surface area contributed by atoms with E-state index in [1.807, 2.05) is 19.5 Å². The minimum absolute atomic E-state index is 0.00731. The number of alkyl halides is 4. The van der Waals surface area contributed by atoms with Gasteiger partial charge in [-0.25, -0.2) is 4.79 Å². The molecule has 2 N–H and O–H groups in total. The van der Waals surface area contributed by atoms with Crippen molar-refractivity contribution in [3.63, 3.8) is 0 Å². The highest BCUT2D eigenvalue weighted by Crippen LogP contribution is 2.47. The van der Waals surface area contributed by atoms with Gasteiger partial charge in [-0.1, -0.05) is 42.5 Å². The van der Waals surface area contributed by atoms with Gasteiger partial charge >= 0.3 is 12.2 Å². The van der Waals surface area contributed by atoms with E-state index in [2.05, 4.69) is 17.2 Å². The van der Waals surface area contributed by atoms with Crippen LogP contribution in [0.1, 0.15) is 24.5 Å². The Labute approximate surface area is 160 Å². The second kappa shape index (κ2) is 6.90. The highest BCUT2D eigenvalue weighted by molar-refractivity contribution is 6.39. The first-order chi connectivity index (χ1) is 12.2. The molecule has 0 bridgehead atoms. The summed E-state index contributed by atoms with van der Waals surface area (Å²) in [5, 5.41) is 4.44. The molecule has 1 heterocycles. The largest absolute Gasteiger partial charge is 0.427 e. The topological polar surface area (TPSA) is 41.1 Å². The fourth-order valence-electron chi connectivity index (χ4n) is 3.06. The van der Waals surface area contributed by atoms with E-state index in [0.717, 1.165) is 12.7 Å². The van der Waals surface area contributed by atoms with Crippen molar-refractivity contribution in [2.45, 2.75) is 43.1 Å². The van der Waals surface area contributed by atoms with Crippen molar-refractivity contribution in [3.05, 3.63) is 28.3 Å². The summed E-state index contributed by atoms with van der Waals surface area (Å²) >= 11 is 11.8. The van der Waals surface area contributed by atoms with Gasteiger partial charge in [0.15, 0.2) is 0 Å². The number of halogens is 5. The Hall–Kier alpha value is -1.52. The minimum atomic E-state index is -4.82. The van der Waals surface area contributed by atoms with Crippen molar-refractivity contribution in [3.8, 4) is 11.8 Å². The van der Waals surface area contributed by atoms with Crippen molar-refractivity contribution >= 4 is 42.2 Å². The first-order valence-corrected chi connectivity index (χ1v) is 9.04. The molecule has 1 aliphatic carbocycles. The number of anilines is 1. The zero-order valence-electron chi connectivity index (χ0n) is 13.8. The molecular weight excluding hydrogens is 387 g/mol. The smallest absolute Gasteiger partial charge is 0.310 e. The molecule has 1 aliphatic heterocycles. The van der Waals surface area contributed by atoms with Crippen molar-refractivity contribution in [1.29, 1.82) is 0 Å². The first kappa shape index (κ1) is 19.3. The van der Waals surface area contributed by atoms with E-state index in [0.29, 0.717) is 5.56 Å². The molecule has 9 heteroatoms. The highest BCUT2D eigenvalue weighted by atomic mass is 35.5. The molecule has 1 radical (unpaired) electrons. The lowest BCUT2D eigenvalue weighted by molar-refractivity contribution is -0.178. The van der Waals surface area contributed by atoms with E-state index in [1.165, 1.54) is 12.1 Å². The third-order valence-corrected chi connectivity index (χ3v) is 5.17. The van der Waals surface area contributed by atoms with Gasteiger partial charge < -0.3 is 10.6 Å². The van der Waals surface area contributed by atoms with Gasteiger partial charge in [-0.05, 0) is 24.1 Å². The maximum atomic E-state index is 14.1. The van der Waals surface area contributed by atoms with Crippen LogP contribution in [-0.4, -0.2) is 19.5 Å². The molecule has 1 fully saturated rings. The lowest BCUT2D eigenvalue weighted by Gasteiger charge is -2.37. The number of carbonyl (C=O) groups excluding carboxylic acids is 1. The van der Waals surface area contributed by atoms with Crippen molar-refractivity contribution in [1.82, 2.24) is 5.32 Å². The van der Waals surface area contributed by atoms with Crippen LogP contribution in [0.4, 0.5) is 23.7 Å². The fraction of sp³-hybridized carbons (Fsp3) is 0.471. The molecule has 1 aromatic carbocycles. The van der Waals surface area contributed by atoms with Gasteiger partial charge in [0.25, 0.3) is 0 Å². The molecule has 2 aliphatic rings. The number of hydrogen-bond donors (Lipinski definition) is 2. The summed E-state index contributed by atoms with van der Waals surface area (Å²) in [6.07, 6.45) is -3.25. The Morgan fingerprint density at radius 2 is 2.15 bits per heavy atom. The molecule has 137 valence electrons. The van der Waals surface area contributed by atoms with Gasteiger partial charge in [0.2, 0.25) is 5.54 Å². The van der Waals surface area contributed by atoms with Crippen LogP contribution in [-0.2, 0) is 11.4 Å². The molecule has 0 saturated heterocycles. The SMILES string of the molecule is CC[B]C1CC1C#C[C@]1(C(F)(F)F)NC(=O)Nc2cc(CCl)c(Cl)cc21. The summed E-state index contributed by atoms with van der Waals surface area (Å²) in [5.41, 5.74) is -2.60. The van der Waals surface area contributed by atoms with Gasteiger partial charge in [0.1, 0.15) is 7.28 Å². The van der Waals surface area contributed by atoms with Crippen LogP contribution in [0.5, 0.6) is 0 Å². The molecule has 3 rings (SSSR count). The number of nitrogens with one attached hydrogen (secondary N) is 2. The number of carbonyl (C=O) groups is 1. The molecule has 0 aromatic heterocycles. The Balaban J connectivity index is 2.10. The second-order valence-corrected chi connectivity index (χ2v) is 7.04. The number of benzene rings is 1. The molecule has 26 heavy (non-hydrogen) atoms. The molecule has 1 aromatic rings. The predicted octanol–water partition coefficient (Wildman–Crippen LogP) is 4.93. The van der Waals surface area contributed by atoms with E-state index < -0.39 is 17.7 Å². The van der Waals surface area contributed by atoms with Crippen molar-refractivity contribution in [2.75, 3.05) is 5.32 Å². The Morgan fingerprint density at radius 1 is 1.42 bits per heavy atom.